The lowest BCUT2D eigenvalue weighted by Crippen LogP contribution is -2.31. The minimum atomic E-state index is -0.875. The zero-order valence-corrected chi connectivity index (χ0v) is 14.7. The predicted molar refractivity (Wildman–Crippen MR) is 92.9 cm³/mol. The molecule has 2 aromatic carbocycles. The summed E-state index contributed by atoms with van der Waals surface area (Å²) in [5, 5.41) is 9.90. The van der Waals surface area contributed by atoms with Crippen LogP contribution in [0.25, 0.3) is 11.5 Å². The average molecular weight is 387 g/mol. The molecule has 9 heteroatoms. The Morgan fingerprint density at radius 2 is 1.82 bits per heavy atom. The Morgan fingerprint density at radius 1 is 1.11 bits per heavy atom. The van der Waals surface area contributed by atoms with Crippen LogP contribution in [0.2, 0.25) is 0 Å². The quantitative estimate of drug-likeness (QED) is 0.654. The molecule has 1 heterocycles. The number of rotatable bonds is 6. The Bertz CT molecular complexity index is 989. The molecule has 0 aliphatic rings. The molecule has 0 aliphatic carbocycles. The van der Waals surface area contributed by atoms with Crippen LogP contribution in [-0.4, -0.2) is 28.6 Å². The van der Waals surface area contributed by atoms with Gasteiger partial charge in [0.1, 0.15) is 18.2 Å². The molecular formula is C19H15F2N3O4. The van der Waals surface area contributed by atoms with E-state index in [1.165, 1.54) is 49.4 Å². The van der Waals surface area contributed by atoms with E-state index < -0.39 is 36.2 Å². The summed E-state index contributed by atoms with van der Waals surface area (Å²) < 4.78 is 37.0. The van der Waals surface area contributed by atoms with E-state index in [0.717, 1.165) is 6.07 Å². The van der Waals surface area contributed by atoms with Crippen LogP contribution in [0.3, 0.4) is 0 Å². The number of hydrogen-bond donors (Lipinski definition) is 1. The first-order valence-electron chi connectivity index (χ1n) is 8.25. The number of aromatic nitrogens is 2. The summed E-state index contributed by atoms with van der Waals surface area (Å²) in [6.07, 6.45) is -0.875. The van der Waals surface area contributed by atoms with E-state index in [-0.39, 0.29) is 17.3 Å². The summed E-state index contributed by atoms with van der Waals surface area (Å²) in [6, 6.07) is 10.8. The van der Waals surface area contributed by atoms with Crippen molar-refractivity contribution >= 4 is 11.9 Å². The van der Waals surface area contributed by atoms with Gasteiger partial charge in [0.25, 0.3) is 11.8 Å². The van der Waals surface area contributed by atoms with Gasteiger partial charge in [-0.15, -0.1) is 10.2 Å². The second-order valence-electron chi connectivity index (χ2n) is 5.75. The third-order valence-electron chi connectivity index (χ3n) is 3.70. The number of halogens is 2. The molecule has 0 aliphatic heterocycles. The molecule has 1 amide bonds. The van der Waals surface area contributed by atoms with Gasteiger partial charge in [0.2, 0.25) is 5.89 Å². The fraction of sp³-hybridized carbons (Fsp3) is 0.158. The van der Waals surface area contributed by atoms with Gasteiger partial charge in [0.05, 0.1) is 5.56 Å². The van der Waals surface area contributed by atoms with Crippen molar-refractivity contribution in [3.63, 3.8) is 0 Å². The van der Waals surface area contributed by atoms with Crippen LogP contribution in [0, 0.1) is 11.6 Å². The van der Waals surface area contributed by atoms with Crippen LogP contribution in [-0.2, 0) is 9.53 Å². The maximum absolute atomic E-state index is 13.5. The first-order valence-corrected chi connectivity index (χ1v) is 8.25. The van der Waals surface area contributed by atoms with Crippen molar-refractivity contribution in [1.82, 2.24) is 15.5 Å². The number of nitrogens with zero attached hydrogens (tertiary/aromatic N) is 2. The van der Waals surface area contributed by atoms with Gasteiger partial charge in [0, 0.05) is 5.56 Å². The van der Waals surface area contributed by atoms with E-state index >= 15 is 0 Å². The third-order valence-corrected chi connectivity index (χ3v) is 3.70. The SMILES string of the molecule is C[C@H](OC(=O)CNC(=O)c1ccccc1F)c1nnc(-c2ccc(F)cc2)o1. The standard InChI is InChI=1S/C19H15F2N3O4/c1-11(18-23-24-19(28-18)12-6-8-13(20)9-7-12)27-16(25)10-22-17(26)14-4-2-3-5-15(14)21/h2-9,11H,10H2,1H3,(H,22,26)/t11-/m0/s1. The number of nitrogens with one attached hydrogen (secondary N) is 1. The second kappa shape index (κ2) is 8.38. The molecule has 144 valence electrons. The smallest absolute Gasteiger partial charge is 0.326 e. The molecule has 0 saturated heterocycles. The Kier molecular flexibility index (Phi) is 5.73. The van der Waals surface area contributed by atoms with Crippen LogP contribution >= 0.6 is 0 Å². The molecule has 0 radical (unpaired) electrons. The lowest BCUT2D eigenvalue weighted by molar-refractivity contribution is -0.148. The van der Waals surface area contributed by atoms with Crippen LogP contribution in [0.4, 0.5) is 8.78 Å². The number of ether oxygens (including phenoxy) is 1. The fourth-order valence-electron chi connectivity index (χ4n) is 2.29. The Balaban J connectivity index is 1.55. The summed E-state index contributed by atoms with van der Waals surface area (Å²) in [5.41, 5.74) is 0.333. The summed E-state index contributed by atoms with van der Waals surface area (Å²) in [7, 11) is 0. The zero-order chi connectivity index (χ0) is 20.1. The maximum atomic E-state index is 13.5. The van der Waals surface area contributed by atoms with Gasteiger partial charge in [-0.1, -0.05) is 12.1 Å². The van der Waals surface area contributed by atoms with Crippen molar-refractivity contribution in [2.45, 2.75) is 13.0 Å². The van der Waals surface area contributed by atoms with E-state index in [1.54, 1.807) is 0 Å². The Morgan fingerprint density at radius 3 is 2.54 bits per heavy atom. The van der Waals surface area contributed by atoms with Gasteiger partial charge in [-0.3, -0.25) is 9.59 Å². The zero-order valence-electron chi connectivity index (χ0n) is 14.7. The molecule has 3 rings (SSSR count). The summed E-state index contributed by atoms with van der Waals surface area (Å²) in [4.78, 5) is 23.8. The highest BCUT2D eigenvalue weighted by molar-refractivity contribution is 5.96. The van der Waals surface area contributed by atoms with Gasteiger partial charge in [-0.25, -0.2) is 8.78 Å². The molecule has 0 fully saturated rings. The average Bonchev–Trinajstić information content (AvgIpc) is 3.17. The lowest BCUT2D eigenvalue weighted by Gasteiger charge is -2.10. The molecule has 0 unspecified atom stereocenters. The van der Waals surface area contributed by atoms with Crippen molar-refractivity contribution in [1.29, 1.82) is 0 Å². The third kappa shape index (κ3) is 4.56. The Labute approximate surface area is 158 Å². The van der Waals surface area contributed by atoms with E-state index in [1.807, 2.05) is 0 Å². The van der Waals surface area contributed by atoms with E-state index in [0.29, 0.717) is 5.56 Å². The molecule has 0 saturated carbocycles. The number of benzene rings is 2. The first-order chi connectivity index (χ1) is 13.4. The van der Waals surface area contributed by atoms with Crippen LogP contribution in [0.15, 0.2) is 52.9 Å². The topological polar surface area (TPSA) is 94.3 Å². The minimum Gasteiger partial charge on any atom is -0.451 e. The maximum Gasteiger partial charge on any atom is 0.326 e. The highest BCUT2D eigenvalue weighted by atomic mass is 19.1. The lowest BCUT2D eigenvalue weighted by atomic mass is 10.2. The number of esters is 1. The second-order valence-corrected chi connectivity index (χ2v) is 5.75. The van der Waals surface area contributed by atoms with E-state index in [2.05, 4.69) is 15.5 Å². The fourth-order valence-corrected chi connectivity index (χ4v) is 2.29. The largest absolute Gasteiger partial charge is 0.451 e. The predicted octanol–water partition coefficient (Wildman–Crippen LogP) is 3.05. The summed E-state index contributed by atoms with van der Waals surface area (Å²) in [5.74, 6) is -2.42. The molecular weight excluding hydrogens is 372 g/mol. The van der Waals surface area contributed by atoms with Crippen LogP contribution in [0.5, 0.6) is 0 Å². The number of carbonyl (C=O) groups is 2. The number of amides is 1. The molecule has 1 aromatic heterocycles. The normalized spacial score (nSPS) is 11.7. The van der Waals surface area contributed by atoms with Crippen molar-refractivity contribution in [2.75, 3.05) is 6.54 Å². The highest BCUT2D eigenvalue weighted by Gasteiger charge is 2.20. The van der Waals surface area contributed by atoms with Gasteiger partial charge in [0.15, 0.2) is 6.10 Å². The highest BCUT2D eigenvalue weighted by Crippen LogP contribution is 2.22. The molecule has 1 atom stereocenters. The molecule has 0 bridgehead atoms. The monoisotopic (exact) mass is 387 g/mol. The van der Waals surface area contributed by atoms with Crippen molar-refractivity contribution < 1.29 is 27.5 Å². The van der Waals surface area contributed by atoms with Crippen molar-refractivity contribution in [3.8, 4) is 11.5 Å². The first kappa shape index (κ1) is 19.2. The molecule has 3 aromatic rings. The van der Waals surface area contributed by atoms with Gasteiger partial charge in [-0.05, 0) is 43.3 Å². The van der Waals surface area contributed by atoms with Crippen molar-refractivity contribution in [2.24, 2.45) is 0 Å². The van der Waals surface area contributed by atoms with Gasteiger partial charge < -0.3 is 14.5 Å². The summed E-state index contributed by atoms with van der Waals surface area (Å²) in [6.45, 7) is 1.05. The molecule has 28 heavy (non-hydrogen) atoms. The van der Waals surface area contributed by atoms with E-state index in [4.69, 9.17) is 9.15 Å². The molecule has 7 nitrogen and oxygen atoms in total. The molecule has 1 N–H and O–H groups in total. The molecule has 0 spiro atoms. The van der Waals surface area contributed by atoms with E-state index in [9.17, 15) is 18.4 Å². The Hall–Kier alpha value is -3.62. The van der Waals surface area contributed by atoms with Gasteiger partial charge >= 0.3 is 5.97 Å². The summed E-state index contributed by atoms with van der Waals surface area (Å²) >= 11 is 0. The van der Waals surface area contributed by atoms with Crippen LogP contribution in [0.1, 0.15) is 29.3 Å². The van der Waals surface area contributed by atoms with Crippen LogP contribution < -0.4 is 5.32 Å². The number of carbonyl (C=O) groups excluding carboxylic acids is 2. The number of hydrogen-bond acceptors (Lipinski definition) is 6. The minimum absolute atomic E-state index is 0.0353. The van der Waals surface area contributed by atoms with Crippen molar-refractivity contribution in [3.05, 3.63) is 71.6 Å². The van der Waals surface area contributed by atoms with Gasteiger partial charge in [-0.2, -0.15) is 0 Å².